The molecule has 6 heteroatoms. The van der Waals surface area contributed by atoms with Gasteiger partial charge in [0.25, 0.3) is 0 Å². The van der Waals surface area contributed by atoms with Gasteiger partial charge in [-0.15, -0.1) is 0 Å². The monoisotopic (exact) mass is 471 g/mol. The molecule has 2 aromatic carbocycles. The van der Waals surface area contributed by atoms with Gasteiger partial charge in [-0.25, -0.2) is 4.99 Å². The highest BCUT2D eigenvalue weighted by atomic mass is 16.4. The lowest BCUT2D eigenvalue weighted by atomic mass is 10.1. The maximum atomic E-state index is 10.0. The Balaban J connectivity index is 1.43. The molecule has 4 heterocycles. The summed E-state index contributed by atoms with van der Waals surface area (Å²) in [6.45, 7) is 2.83. The zero-order valence-electron chi connectivity index (χ0n) is 19.5. The van der Waals surface area contributed by atoms with Crippen molar-refractivity contribution < 1.29 is 13.3 Å². The SMILES string of the molecule is Cc1ccc(Cn2cc(C=Nc3oc(-c4ccco4)c(-c4ccco4)c3C#N)c3ccccc32)cc1. The number of para-hydroxylation sites is 1. The van der Waals surface area contributed by atoms with Crippen LogP contribution in [0.2, 0.25) is 0 Å². The third-order valence-electron chi connectivity index (χ3n) is 6.13. The van der Waals surface area contributed by atoms with Crippen LogP contribution in [0.1, 0.15) is 22.3 Å². The standard InChI is InChI=1S/C30H21N3O3/c1-20-10-12-21(13-11-20)18-33-19-22(23-6-2-3-7-25(23)33)17-32-30-24(16-31)28(26-8-4-14-34-26)29(36-30)27-9-5-15-35-27/h2-15,17,19H,18H2,1H3. The zero-order chi connectivity index (χ0) is 24.5. The van der Waals surface area contributed by atoms with E-state index >= 15 is 0 Å². The molecule has 36 heavy (non-hydrogen) atoms. The van der Waals surface area contributed by atoms with Crippen LogP contribution in [0.3, 0.4) is 0 Å². The minimum atomic E-state index is 0.200. The van der Waals surface area contributed by atoms with E-state index in [2.05, 4.69) is 65.1 Å². The minimum Gasteiger partial charge on any atom is -0.464 e. The fraction of sp³-hybridized carbons (Fsp3) is 0.0667. The van der Waals surface area contributed by atoms with Gasteiger partial charge in [-0.1, -0.05) is 48.0 Å². The molecule has 0 atom stereocenters. The molecule has 0 saturated heterocycles. The Hall–Kier alpha value is -5.02. The van der Waals surface area contributed by atoms with Crippen LogP contribution in [0.4, 0.5) is 5.88 Å². The molecule has 0 amide bonds. The maximum absolute atomic E-state index is 10.0. The van der Waals surface area contributed by atoms with Gasteiger partial charge < -0.3 is 17.8 Å². The Labute approximate surface area is 207 Å². The number of aliphatic imine (C=N–C) groups is 1. The molecule has 6 rings (SSSR count). The molecule has 0 fully saturated rings. The fourth-order valence-corrected chi connectivity index (χ4v) is 4.38. The number of hydrogen-bond donors (Lipinski definition) is 0. The summed E-state index contributed by atoms with van der Waals surface area (Å²) in [6.07, 6.45) is 6.93. The number of aryl methyl sites for hydroxylation is 1. The summed E-state index contributed by atoms with van der Waals surface area (Å²) < 4.78 is 19.4. The van der Waals surface area contributed by atoms with Gasteiger partial charge >= 0.3 is 0 Å². The van der Waals surface area contributed by atoms with Gasteiger partial charge in [0, 0.05) is 35.4 Å². The van der Waals surface area contributed by atoms with E-state index in [4.69, 9.17) is 13.3 Å². The number of benzene rings is 2. The number of hydrogen-bond acceptors (Lipinski definition) is 5. The Kier molecular flexibility index (Phi) is 5.36. The number of nitrogens with zero attached hydrogens (tertiary/aromatic N) is 3. The van der Waals surface area contributed by atoms with Crippen LogP contribution in [0.5, 0.6) is 0 Å². The first-order chi connectivity index (χ1) is 17.7. The van der Waals surface area contributed by atoms with Gasteiger partial charge in [0.15, 0.2) is 11.5 Å². The Morgan fingerprint density at radius 3 is 2.39 bits per heavy atom. The van der Waals surface area contributed by atoms with Crippen LogP contribution in [0.25, 0.3) is 33.7 Å². The first kappa shape index (κ1) is 21.5. The Morgan fingerprint density at radius 2 is 1.67 bits per heavy atom. The molecule has 0 radical (unpaired) electrons. The van der Waals surface area contributed by atoms with Crippen LogP contribution in [-0.4, -0.2) is 10.8 Å². The van der Waals surface area contributed by atoms with Crippen LogP contribution in [0, 0.1) is 18.3 Å². The van der Waals surface area contributed by atoms with Crippen molar-refractivity contribution in [2.45, 2.75) is 13.5 Å². The molecule has 0 aliphatic heterocycles. The summed E-state index contributed by atoms with van der Waals surface area (Å²) in [7, 11) is 0. The first-order valence-electron chi connectivity index (χ1n) is 11.5. The molecule has 0 unspecified atom stereocenters. The van der Waals surface area contributed by atoms with Crippen molar-refractivity contribution in [2.24, 2.45) is 4.99 Å². The summed E-state index contributed by atoms with van der Waals surface area (Å²) in [6, 6.07) is 26.1. The second-order valence-corrected chi connectivity index (χ2v) is 8.53. The Bertz CT molecular complexity index is 1710. The molecule has 174 valence electrons. The number of rotatable bonds is 6. The van der Waals surface area contributed by atoms with Crippen molar-refractivity contribution in [3.8, 4) is 28.9 Å². The van der Waals surface area contributed by atoms with Gasteiger partial charge in [0.05, 0.1) is 18.1 Å². The quantitative estimate of drug-likeness (QED) is 0.233. The van der Waals surface area contributed by atoms with Crippen LogP contribution >= 0.6 is 0 Å². The highest BCUT2D eigenvalue weighted by molar-refractivity contribution is 6.00. The first-order valence-corrected chi connectivity index (χ1v) is 11.5. The van der Waals surface area contributed by atoms with E-state index in [-0.39, 0.29) is 11.4 Å². The molecule has 0 aliphatic rings. The third kappa shape index (κ3) is 3.83. The molecular weight excluding hydrogens is 450 g/mol. The molecule has 0 spiro atoms. The summed E-state index contributed by atoms with van der Waals surface area (Å²) in [5.74, 6) is 1.61. The fourth-order valence-electron chi connectivity index (χ4n) is 4.38. The van der Waals surface area contributed by atoms with E-state index in [9.17, 15) is 5.26 Å². The third-order valence-corrected chi connectivity index (χ3v) is 6.13. The van der Waals surface area contributed by atoms with Crippen LogP contribution in [0.15, 0.2) is 110 Å². The van der Waals surface area contributed by atoms with E-state index < -0.39 is 0 Å². The molecule has 6 nitrogen and oxygen atoms in total. The highest BCUT2D eigenvalue weighted by Crippen LogP contribution is 2.42. The zero-order valence-corrected chi connectivity index (χ0v) is 19.5. The van der Waals surface area contributed by atoms with E-state index in [0.717, 1.165) is 23.0 Å². The number of furan rings is 3. The molecule has 0 N–H and O–H groups in total. The van der Waals surface area contributed by atoms with Gasteiger partial charge in [0.2, 0.25) is 5.88 Å². The summed E-state index contributed by atoms with van der Waals surface area (Å²) in [5, 5.41) is 11.1. The van der Waals surface area contributed by atoms with E-state index in [1.54, 1.807) is 43.0 Å². The predicted octanol–water partition coefficient (Wildman–Crippen LogP) is 7.73. The van der Waals surface area contributed by atoms with E-state index in [1.165, 1.54) is 11.1 Å². The molecule has 4 aromatic heterocycles. The molecule has 0 saturated carbocycles. The number of aromatic nitrogens is 1. The summed E-state index contributed by atoms with van der Waals surface area (Å²) in [5.41, 5.74) is 5.29. The van der Waals surface area contributed by atoms with Crippen LogP contribution < -0.4 is 0 Å². The van der Waals surface area contributed by atoms with Crippen molar-refractivity contribution in [3.63, 3.8) is 0 Å². The lowest BCUT2D eigenvalue weighted by Gasteiger charge is -2.06. The topological polar surface area (TPSA) is 80.5 Å². The second kappa shape index (κ2) is 8.97. The summed E-state index contributed by atoms with van der Waals surface area (Å²) in [4.78, 5) is 4.62. The predicted molar refractivity (Wildman–Crippen MR) is 138 cm³/mol. The second-order valence-electron chi connectivity index (χ2n) is 8.53. The molecular formula is C30H21N3O3. The van der Waals surface area contributed by atoms with Gasteiger partial charge in [0.1, 0.15) is 17.4 Å². The van der Waals surface area contributed by atoms with Gasteiger partial charge in [-0.05, 0) is 42.8 Å². The molecule has 0 bridgehead atoms. The van der Waals surface area contributed by atoms with Crippen molar-refractivity contribution in [3.05, 3.63) is 114 Å². The number of fused-ring (bicyclic) bond motifs is 1. The van der Waals surface area contributed by atoms with Crippen molar-refractivity contribution >= 4 is 23.0 Å². The lowest BCUT2D eigenvalue weighted by Crippen LogP contribution is -1.97. The molecule has 0 aliphatic carbocycles. The normalized spacial score (nSPS) is 11.4. The largest absolute Gasteiger partial charge is 0.464 e. The lowest BCUT2D eigenvalue weighted by molar-refractivity contribution is 0.527. The minimum absolute atomic E-state index is 0.200. The van der Waals surface area contributed by atoms with Crippen LogP contribution in [-0.2, 0) is 6.54 Å². The van der Waals surface area contributed by atoms with E-state index in [0.29, 0.717) is 22.8 Å². The van der Waals surface area contributed by atoms with Crippen molar-refractivity contribution in [1.82, 2.24) is 4.57 Å². The average Bonchev–Trinajstić information content (AvgIpc) is 3.70. The highest BCUT2D eigenvalue weighted by Gasteiger charge is 2.26. The van der Waals surface area contributed by atoms with Crippen molar-refractivity contribution in [2.75, 3.05) is 0 Å². The average molecular weight is 472 g/mol. The van der Waals surface area contributed by atoms with Gasteiger partial charge in [-0.2, -0.15) is 5.26 Å². The van der Waals surface area contributed by atoms with Crippen molar-refractivity contribution in [1.29, 1.82) is 5.26 Å². The molecule has 6 aromatic rings. The Morgan fingerprint density at radius 1 is 0.917 bits per heavy atom. The smallest absolute Gasteiger partial charge is 0.238 e. The van der Waals surface area contributed by atoms with E-state index in [1.807, 2.05) is 12.1 Å². The number of nitriles is 1. The van der Waals surface area contributed by atoms with Gasteiger partial charge in [-0.3, -0.25) is 0 Å². The summed E-state index contributed by atoms with van der Waals surface area (Å²) >= 11 is 0. The maximum Gasteiger partial charge on any atom is 0.238 e.